The fourth-order valence-corrected chi connectivity index (χ4v) is 6.74. The van der Waals surface area contributed by atoms with E-state index in [0.29, 0.717) is 0 Å². The Hall–Kier alpha value is -6.33. The lowest BCUT2D eigenvalue weighted by Gasteiger charge is -2.16. The number of rotatable bonds is 5. The second kappa shape index (κ2) is 10.7. The SMILES string of the molecule is c1ccc(-c2ccccc2-c2cc3c(nc(-c4ccncc4)n3-c3ccccn3)c3c4ccccc4n(-c4ccccc4)c23)cc1. The number of pyridine rings is 2. The van der Waals surface area contributed by atoms with E-state index in [2.05, 4.69) is 129 Å². The van der Waals surface area contributed by atoms with Gasteiger partial charge in [0.05, 0.1) is 22.1 Å². The van der Waals surface area contributed by atoms with E-state index in [1.165, 1.54) is 11.1 Å². The number of fused-ring (bicyclic) bond motifs is 5. The number of benzene rings is 5. The molecular formula is C41H27N5. The Morgan fingerprint density at radius 1 is 0.478 bits per heavy atom. The molecule has 5 heteroatoms. The van der Waals surface area contributed by atoms with E-state index in [0.717, 1.165) is 66.9 Å². The first-order valence-electron chi connectivity index (χ1n) is 15.4. The van der Waals surface area contributed by atoms with Gasteiger partial charge in [-0.1, -0.05) is 97.1 Å². The van der Waals surface area contributed by atoms with Gasteiger partial charge in [-0.3, -0.25) is 9.55 Å². The lowest BCUT2D eigenvalue weighted by atomic mass is 9.92. The molecule has 0 aliphatic carbocycles. The number of imidazole rings is 1. The summed E-state index contributed by atoms with van der Waals surface area (Å²) in [5, 5.41) is 2.26. The third-order valence-electron chi connectivity index (χ3n) is 8.69. The molecule has 0 spiro atoms. The van der Waals surface area contributed by atoms with Crippen LogP contribution in [0.5, 0.6) is 0 Å². The summed E-state index contributed by atoms with van der Waals surface area (Å²) in [6.45, 7) is 0. The van der Waals surface area contributed by atoms with Crippen molar-refractivity contribution in [2.24, 2.45) is 0 Å². The number of para-hydroxylation sites is 2. The minimum Gasteiger partial charge on any atom is -0.309 e. The average molecular weight is 590 g/mol. The molecule has 5 nitrogen and oxygen atoms in total. The first-order valence-corrected chi connectivity index (χ1v) is 15.4. The molecule has 0 aliphatic rings. The lowest BCUT2D eigenvalue weighted by Crippen LogP contribution is -2.00. The quantitative estimate of drug-likeness (QED) is 0.201. The first kappa shape index (κ1) is 26.1. The second-order valence-electron chi connectivity index (χ2n) is 11.3. The molecule has 0 radical (unpaired) electrons. The van der Waals surface area contributed by atoms with Gasteiger partial charge in [0.1, 0.15) is 11.6 Å². The van der Waals surface area contributed by atoms with Crippen molar-refractivity contribution in [3.8, 4) is 45.1 Å². The van der Waals surface area contributed by atoms with Crippen LogP contribution in [0.25, 0.3) is 78.0 Å². The first-order chi connectivity index (χ1) is 22.9. The van der Waals surface area contributed by atoms with Crippen LogP contribution in [0.15, 0.2) is 164 Å². The zero-order valence-corrected chi connectivity index (χ0v) is 24.8. The molecule has 0 atom stereocenters. The fraction of sp³-hybridized carbons (Fsp3) is 0. The molecule has 0 aliphatic heterocycles. The Morgan fingerprint density at radius 3 is 1.96 bits per heavy atom. The van der Waals surface area contributed by atoms with Gasteiger partial charge in [-0.2, -0.15) is 0 Å². The van der Waals surface area contributed by atoms with E-state index in [1.807, 2.05) is 48.9 Å². The summed E-state index contributed by atoms with van der Waals surface area (Å²) in [6, 6.07) is 51.0. The maximum atomic E-state index is 5.44. The Bertz CT molecular complexity index is 2500. The smallest absolute Gasteiger partial charge is 0.147 e. The number of hydrogen-bond acceptors (Lipinski definition) is 3. The van der Waals surface area contributed by atoms with Crippen LogP contribution in [-0.2, 0) is 0 Å². The predicted molar refractivity (Wildman–Crippen MR) is 187 cm³/mol. The Morgan fingerprint density at radius 2 is 1.17 bits per heavy atom. The highest BCUT2D eigenvalue weighted by Gasteiger charge is 2.25. The van der Waals surface area contributed by atoms with Crippen molar-refractivity contribution in [2.45, 2.75) is 0 Å². The summed E-state index contributed by atoms with van der Waals surface area (Å²) in [5.41, 5.74) is 10.9. The normalized spacial score (nSPS) is 11.5. The summed E-state index contributed by atoms with van der Waals surface area (Å²) in [5.74, 6) is 1.63. The van der Waals surface area contributed by atoms with Crippen LogP contribution < -0.4 is 0 Å². The minimum absolute atomic E-state index is 0.810. The van der Waals surface area contributed by atoms with Crippen molar-refractivity contribution in [3.63, 3.8) is 0 Å². The third kappa shape index (κ3) is 4.06. The molecule has 4 aromatic heterocycles. The number of aromatic nitrogens is 5. The Labute approximate surface area is 265 Å². The van der Waals surface area contributed by atoms with E-state index in [4.69, 9.17) is 9.97 Å². The van der Waals surface area contributed by atoms with Crippen molar-refractivity contribution in [3.05, 3.63) is 164 Å². The highest BCUT2D eigenvalue weighted by Crippen LogP contribution is 2.45. The molecule has 0 fully saturated rings. The third-order valence-corrected chi connectivity index (χ3v) is 8.69. The molecule has 0 unspecified atom stereocenters. The van der Waals surface area contributed by atoms with Gasteiger partial charge in [0, 0.05) is 46.2 Å². The van der Waals surface area contributed by atoms with E-state index < -0.39 is 0 Å². The molecule has 0 saturated heterocycles. The van der Waals surface area contributed by atoms with Gasteiger partial charge in [-0.15, -0.1) is 0 Å². The maximum absolute atomic E-state index is 5.44. The fourth-order valence-electron chi connectivity index (χ4n) is 6.74. The van der Waals surface area contributed by atoms with Gasteiger partial charge < -0.3 is 4.57 Å². The zero-order chi connectivity index (χ0) is 30.5. The van der Waals surface area contributed by atoms with Crippen LogP contribution in [0, 0.1) is 0 Å². The van der Waals surface area contributed by atoms with Gasteiger partial charge in [-0.25, -0.2) is 9.97 Å². The molecule has 5 aromatic carbocycles. The van der Waals surface area contributed by atoms with E-state index >= 15 is 0 Å². The van der Waals surface area contributed by atoms with Crippen LogP contribution in [0.2, 0.25) is 0 Å². The Kier molecular flexibility index (Phi) is 6.06. The summed E-state index contributed by atoms with van der Waals surface area (Å²) >= 11 is 0. The molecule has 0 saturated carbocycles. The standard InChI is InChI=1S/C41H27N5/c1-3-13-28(14-4-1)31-17-7-8-18-32(31)34-27-36-39(44-41(29-22-25-42-26-23-29)46(36)37-21-11-12-24-43-37)38-33-19-9-10-20-35(33)45(40(34)38)30-15-5-2-6-16-30/h1-27H. The molecule has 0 N–H and O–H groups in total. The van der Waals surface area contributed by atoms with Crippen LogP contribution in [0.3, 0.4) is 0 Å². The van der Waals surface area contributed by atoms with Crippen LogP contribution in [0.4, 0.5) is 0 Å². The summed E-state index contributed by atoms with van der Waals surface area (Å²) < 4.78 is 4.58. The van der Waals surface area contributed by atoms with Crippen molar-refractivity contribution in [1.29, 1.82) is 0 Å². The van der Waals surface area contributed by atoms with E-state index in [-0.39, 0.29) is 0 Å². The molecule has 9 rings (SSSR count). The minimum atomic E-state index is 0.810. The largest absolute Gasteiger partial charge is 0.309 e. The second-order valence-corrected chi connectivity index (χ2v) is 11.3. The van der Waals surface area contributed by atoms with Gasteiger partial charge in [0.25, 0.3) is 0 Å². The maximum Gasteiger partial charge on any atom is 0.147 e. The lowest BCUT2D eigenvalue weighted by molar-refractivity contribution is 1.03. The summed E-state index contributed by atoms with van der Waals surface area (Å²) in [4.78, 5) is 14.6. The topological polar surface area (TPSA) is 48.5 Å². The monoisotopic (exact) mass is 589 g/mol. The Balaban J connectivity index is 1.52. The molecule has 0 amide bonds. The number of hydrogen-bond donors (Lipinski definition) is 0. The van der Waals surface area contributed by atoms with Crippen LogP contribution >= 0.6 is 0 Å². The highest BCUT2D eigenvalue weighted by molar-refractivity contribution is 6.24. The highest BCUT2D eigenvalue weighted by atomic mass is 15.1. The molecule has 216 valence electrons. The van der Waals surface area contributed by atoms with E-state index in [9.17, 15) is 0 Å². The van der Waals surface area contributed by atoms with Gasteiger partial charge in [0.15, 0.2) is 0 Å². The van der Waals surface area contributed by atoms with Crippen molar-refractivity contribution in [2.75, 3.05) is 0 Å². The molecule has 46 heavy (non-hydrogen) atoms. The van der Waals surface area contributed by atoms with Crippen molar-refractivity contribution >= 4 is 32.8 Å². The summed E-state index contributed by atoms with van der Waals surface area (Å²) in [7, 11) is 0. The van der Waals surface area contributed by atoms with Crippen molar-refractivity contribution < 1.29 is 0 Å². The molecule has 4 heterocycles. The molecule has 0 bridgehead atoms. The zero-order valence-electron chi connectivity index (χ0n) is 24.8. The molecular weight excluding hydrogens is 562 g/mol. The van der Waals surface area contributed by atoms with Crippen LogP contribution in [0.1, 0.15) is 0 Å². The van der Waals surface area contributed by atoms with Crippen molar-refractivity contribution in [1.82, 2.24) is 24.1 Å². The molecule has 9 aromatic rings. The van der Waals surface area contributed by atoms with Gasteiger partial charge in [0.2, 0.25) is 0 Å². The predicted octanol–water partition coefficient (Wildman–Crippen LogP) is 9.91. The number of nitrogens with zero attached hydrogens (tertiary/aromatic N) is 5. The summed E-state index contributed by atoms with van der Waals surface area (Å²) in [6.07, 6.45) is 5.47. The van der Waals surface area contributed by atoms with Gasteiger partial charge >= 0.3 is 0 Å². The average Bonchev–Trinajstić information content (AvgIpc) is 3.69. The van der Waals surface area contributed by atoms with E-state index in [1.54, 1.807) is 0 Å². The van der Waals surface area contributed by atoms with Crippen LogP contribution in [-0.4, -0.2) is 24.1 Å². The van der Waals surface area contributed by atoms with Gasteiger partial charge in [-0.05, 0) is 65.2 Å².